The van der Waals surface area contributed by atoms with Crippen LogP contribution < -0.4 is 5.32 Å². The average molecular weight is 236 g/mol. The molecule has 0 saturated carbocycles. The second-order valence-corrected chi connectivity index (χ2v) is 5.28. The molecule has 0 bridgehead atoms. The lowest BCUT2D eigenvalue weighted by Crippen LogP contribution is -2.28. The number of hydrogen-bond donors (Lipinski definition) is 1. The molecule has 2 fully saturated rings. The highest BCUT2D eigenvalue weighted by atomic mass is 16.5. The number of likely N-dealkylation sites (N-methyl/N-ethyl adjacent to an activating group) is 1. The van der Waals surface area contributed by atoms with E-state index in [0.717, 1.165) is 44.3 Å². The van der Waals surface area contributed by atoms with Crippen molar-refractivity contribution in [3.05, 3.63) is 11.7 Å². The lowest BCUT2D eigenvalue weighted by molar-refractivity contribution is 0.336. The van der Waals surface area contributed by atoms with Crippen LogP contribution in [0.4, 0.5) is 0 Å². The molecule has 3 rings (SSSR count). The minimum atomic E-state index is 0.442. The molecular formula is C12H20N4O. The lowest BCUT2D eigenvalue weighted by Gasteiger charge is -2.19. The fraction of sp³-hybridized carbons (Fsp3) is 0.833. The number of rotatable bonds is 2. The fourth-order valence-electron chi connectivity index (χ4n) is 2.79. The molecule has 2 atom stereocenters. The molecule has 3 heterocycles. The van der Waals surface area contributed by atoms with Crippen molar-refractivity contribution in [2.45, 2.75) is 31.1 Å². The van der Waals surface area contributed by atoms with E-state index >= 15 is 0 Å². The van der Waals surface area contributed by atoms with E-state index in [1.165, 1.54) is 12.8 Å². The quantitative estimate of drug-likeness (QED) is 0.828. The van der Waals surface area contributed by atoms with Gasteiger partial charge in [-0.2, -0.15) is 4.98 Å². The zero-order chi connectivity index (χ0) is 11.7. The molecule has 94 valence electrons. The predicted molar refractivity (Wildman–Crippen MR) is 64.0 cm³/mol. The highest BCUT2D eigenvalue weighted by Crippen LogP contribution is 2.27. The van der Waals surface area contributed by atoms with Crippen LogP contribution in [0.25, 0.3) is 0 Å². The minimum Gasteiger partial charge on any atom is -0.339 e. The van der Waals surface area contributed by atoms with Gasteiger partial charge < -0.3 is 14.7 Å². The van der Waals surface area contributed by atoms with Gasteiger partial charge in [-0.05, 0) is 39.4 Å². The van der Waals surface area contributed by atoms with E-state index in [-0.39, 0.29) is 0 Å². The summed E-state index contributed by atoms with van der Waals surface area (Å²) in [7, 11) is 2.14. The Morgan fingerprint density at radius 1 is 1.35 bits per heavy atom. The molecule has 2 saturated heterocycles. The zero-order valence-corrected chi connectivity index (χ0v) is 10.4. The topological polar surface area (TPSA) is 54.2 Å². The Morgan fingerprint density at radius 2 is 2.29 bits per heavy atom. The van der Waals surface area contributed by atoms with Gasteiger partial charge >= 0.3 is 0 Å². The number of aromatic nitrogens is 2. The summed E-state index contributed by atoms with van der Waals surface area (Å²) >= 11 is 0. The standard InChI is InChI=1S/C12H20N4O/c1-16-6-4-10(8-16)12-14-11(15-17-12)9-3-2-5-13-7-9/h9-10,13H,2-8H2,1H3. The van der Waals surface area contributed by atoms with Crippen LogP contribution in [0.2, 0.25) is 0 Å². The minimum absolute atomic E-state index is 0.442. The molecule has 1 aromatic rings. The van der Waals surface area contributed by atoms with Crippen molar-refractivity contribution in [1.29, 1.82) is 0 Å². The van der Waals surface area contributed by atoms with Crippen LogP contribution in [-0.2, 0) is 0 Å². The molecule has 0 aromatic carbocycles. The summed E-state index contributed by atoms with van der Waals surface area (Å²) in [6.45, 7) is 4.29. The molecular weight excluding hydrogens is 216 g/mol. The number of likely N-dealkylation sites (tertiary alicyclic amines) is 1. The van der Waals surface area contributed by atoms with E-state index in [4.69, 9.17) is 4.52 Å². The van der Waals surface area contributed by atoms with Gasteiger partial charge in [-0.3, -0.25) is 0 Å². The van der Waals surface area contributed by atoms with E-state index in [9.17, 15) is 0 Å². The summed E-state index contributed by atoms with van der Waals surface area (Å²) in [5, 5.41) is 7.55. The Kier molecular flexibility index (Phi) is 3.11. The molecule has 5 nitrogen and oxygen atoms in total. The van der Waals surface area contributed by atoms with Gasteiger partial charge in [0.2, 0.25) is 5.89 Å². The summed E-state index contributed by atoms with van der Waals surface area (Å²) < 4.78 is 5.43. The Hall–Kier alpha value is -0.940. The normalized spacial score (nSPS) is 30.9. The highest BCUT2D eigenvalue weighted by molar-refractivity contribution is 5.03. The first-order valence-corrected chi connectivity index (χ1v) is 6.55. The molecule has 0 radical (unpaired) electrons. The molecule has 0 aliphatic carbocycles. The van der Waals surface area contributed by atoms with Crippen molar-refractivity contribution < 1.29 is 4.52 Å². The zero-order valence-electron chi connectivity index (χ0n) is 10.4. The van der Waals surface area contributed by atoms with E-state index < -0.39 is 0 Å². The van der Waals surface area contributed by atoms with Crippen LogP contribution in [-0.4, -0.2) is 48.3 Å². The van der Waals surface area contributed by atoms with Crippen LogP contribution >= 0.6 is 0 Å². The maximum atomic E-state index is 5.43. The maximum absolute atomic E-state index is 5.43. The van der Waals surface area contributed by atoms with E-state index in [1.54, 1.807) is 0 Å². The Balaban J connectivity index is 1.69. The molecule has 1 N–H and O–H groups in total. The average Bonchev–Trinajstić information content (AvgIpc) is 2.98. The molecule has 0 amide bonds. The number of nitrogens with zero attached hydrogens (tertiary/aromatic N) is 3. The molecule has 2 aliphatic heterocycles. The van der Waals surface area contributed by atoms with Crippen LogP contribution in [0.3, 0.4) is 0 Å². The molecule has 0 spiro atoms. The first kappa shape index (κ1) is 11.2. The van der Waals surface area contributed by atoms with Crippen molar-refractivity contribution in [3.63, 3.8) is 0 Å². The summed E-state index contributed by atoms with van der Waals surface area (Å²) in [5.41, 5.74) is 0. The van der Waals surface area contributed by atoms with Gasteiger partial charge in [0.1, 0.15) is 0 Å². The van der Waals surface area contributed by atoms with Gasteiger partial charge in [-0.15, -0.1) is 0 Å². The third-order valence-corrected chi connectivity index (χ3v) is 3.86. The van der Waals surface area contributed by atoms with Gasteiger partial charge in [0.15, 0.2) is 5.82 Å². The van der Waals surface area contributed by atoms with E-state index in [1.807, 2.05) is 0 Å². The third kappa shape index (κ3) is 2.35. The van der Waals surface area contributed by atoms with Crippen LogP contribution in [0, 0.1) is 0 Å². The van der Waals surface area contributed by atoms with Crippen molar-refractivity contribution in [2.75, 3.05) is 33.2 Å². The monoisotopic (exact) mass is 236 g/mol. The summed E-state index contributed by atoms with van der Waals surface area (Å²) in [6, 6.07) is 0. The van der Waals surface area contributed by atoms with Crippen LogP contribution in [0.1, 0.15) is 42.8 Å². The van der Waals surface area contributed by atoms with Gasteiger partial charge in [0.05, 0.1) is 5.92 Å². The second-order valence-electron chi connectivity index (χ2n) is 5.28. The van der Waals surface area contributed by atoms with Crippen LogP contribution in [0.15, 0.2) is 4.52 Å². The molecule has 5 heteroatoms. The van der Waals surface area contributed by atoms with Gasteiger partial charge in [-0.1, -0.05) is 5.16 Å². The van der Waals surface area contributed by atoms with Crippen molar-refractivity contribution >= 4 is 0 Å². The fourth-order valence-corrected chi connectivity index (χ4v) is 2.79. The van der Waals surface area contributed by atoms with E-state index in [2.05, 4.69) is 27.4 Å². The highest BCUT2D eigenvalue weighted by Gasteiger charge is 2.28. The smallest absolute Gasteiger partial charge is 0.231 e. The van der Waals surface area contributed by atoms with E-state index in [0.29, 0.717) is 11.8 Å². The van der Waals surface area contributed by atoms with Gasteiger partial charge in [-0.25, -0.2) is 0 Å². The first-order chi connectivity index (χ1) is 8.33. The Bertz CT molecular complexity index is 353. The van der Waals surface area contributed by atoms with Crippen molar-refractivity contribution in [2.24, 2.45) is 0 Å². The maximum Gasteiger partial charge on any atom is 0.231 e. The molecule has 1 aromatic heterocycles. The Morgan fingerprint density at radius 3 is 3.00 bits per heavy atom. The van der Waals surface area contributed by atoms with Crippen molar-refractivity contribution in [1.82, 2.24) is 20.4 Å². The number of hydrogen-bond acceptors (Lipinski definition) is 5. The summed E-state index contributed by atoms with van der Waals surface area (Å²) in [6.07, 6.45) is 3.53. The summed E-state index contributed by atoms with van der Waals surface area (Å²) in [5.74, 6) is 2.63. The SMILES string of the molecule is CN1CCC(c2nc(C3CCCNC3)no2)C1. The predicted octanol–water partition coefficient (Wildman–Crippen LogP) is 0.956. The number of piperidine rings is 1. The Labute approximate surface area is 102 Å². The molecule has 2 aliphatic rings. The second kappa shape index (κ2) is 4.74. The number of nitrogens with one attached hydrogen (secondary N) is 1. The first-order valence-electron chi connectivity index (χ1n) is 6.55. The lowest BCUT2D eigenvalue weighted by atomic mass is 9.99. The summed E-state index contributed by atoms with van der Waals surface area (Å²) in [4.78, 5) is 6.92. The largest absolute Gasteiger partial charge is 0.339 e. The molecule has 2 unspecified atom stereocenters. The van der Waals surface area contributed by atoms with Crippen LogP contribution in [0.5, 0.6) is 0 Å². The van der Waals surface area contributed by atoms with Crippen molar-refractivity contribution in [3.8, 4) is 0 Å². The molecule has 17 heavy (non-hydrogen) atoms. The third-order valence-electron chi connectivity index (χ3n) is 3.86. The van der Waals surface area contributed by atoms with Gasteiger partial charge in [0, 0.05) is 19.0 Å². The van der Waals surface area contributed by atoms with Gasteiger partial charge in [0.25, 0.3) is 0 Å².